The van der Waals surface area contributed by atoms with E-state index in [4.69, 9.17) is 0 Å². The van der Waals surface area contributed by atoms with E-state index in [9.17, 15) is 13.2 Å². The van der Waals surface area contributed by atoms with Crippen molar-refractivity contribution in [3.63, 3.8) is 0 Å². The lowest BCUT2D eigenvalue weighted by atomic mass is 10.1. The van der Waals surface area contributed by atoms with Gasteiger partial charge in [0.25, 0.3) is 0 Å². The largest absolute Gasteiger partial charge is 0.418 e. The van der Waals surface area contributed by atoms with Gasteiger partial charge in [-0.15, -0.1) is 0 Å². The summed E-state index contributed by atoms with van der Waals surface area (Å²) in [4.78, 5) is 0. The second-order valence-corrected chi connectivity index (χ2v) is 4.09. The van der Waals surface area contributed by atoms with Crippen molar-refractivity contribution in [2.45, 2.75) is 13.1 Å². The predicted molar refractivity (Wildman–Crippen MR) is 63.0 cm³/mol. The standard InChI is InChI=1S/C12H17F3N2/c1-9(7-16-2)8-17-11-6-4-3-5-10(11)12(13,14)15/h3-6,9,16-17H,7-8H2,1-2H3. The van der Waals surface area contributed by atoms with Crippen LogP contribution in [-0.2, 0) is 6.18 Å². The summed E-state index contributed by atoms with van der Waals surface area (Å²) in [5, 5.41) is 5.83. The van der Waals surface area contributed by atoms with Crippen molar-refractivity contribution in [2.24, 2.45) is 5.92 Å². The van der Waals surface area contributed by atoms with Gasteiger partial charge >= 0.3 is 6.18 Å². The van der Waals surface area contributed by atoms with Gasteiger partial charge in [-0.3, -0.25) is 0 Å². The Morgan fingerprint density at radius 3 is 2.41 bits per heavy atom. The number of nitrogens with one attached hydrogen (secondary N) is 2. The molecule has 5 heteroatoms. The number of alkyl halides is 3. The zero-order valence-electron chi connectivity index (χ0n) is 9.93. The lowest BCUT2D eigenvalue weighted by molar-refractivity contribution is -0.136. The first kappa shape index (κ1) is 13.8. The van der Waals surface area contributed by atoms with Crippen LogP contribution in [0.4, 0.5) is 18.9 Å². The smallest absolute Gasteiger partial charge is 0.384 e. The van der Waals surface area contributed by atoms with E-state index in [-0.39, 0.29) is 11.6 Å². The number of rotatable bonds is 5. The maximum Gasteiger partial charge on any atom is 0.418 e. The van der Waals surface area contributed by atoms with E-state index in [0.717, 1.165) is 12.6 Å². The second kappa shape index (κ2) is 5.91. The van der Waals surface area contributed by atoms with Crippen LogP contribution in [0.3, 0.4) is 0 Å². The average Bonchev–Trinajstić information content (AvgIpc) is 2.26. The highest BCUT2D eigenvalue weighted by atomic mass is 19.4. The van der Waals surface area contributed by atoms with Crippen molar-refractivity contribution in [1.29, 1.82) is 0 Å². The molecule has 0 aliphatic heterocycles. The summed E-state index contributed by atoms with van der Waals surface area (Å²) in [6, 6.07) is 5.53. The van der Waals surface area contributed by atoms with Crippen molar-refractivity contribution in [2.75, 3.05) is 25.5 Å². The van der Waals surface area contributed by atoms with Gasteiger partial charge in [-0.1, -0.05) is 19.1 Å². The highest BCUT2D eigenvalue weighted by Crippen LogP contribution is 2.34. The number of hydrogen-bond donors (Lipinski definition) is 2. The first-order valence-electron chi connectivity index (χ1n) is 5.50. The van der Waals surface area contributed by atoms with E-state index in [0.29, 0.717) is 6.54 Å². The van der Waals surface area contributed by atoms with Gasteiger partial charge in [0.1, 0.15) is 0 Å². The SMILES string of the molecule is CNCC(C)CNc1ccccc1C(F)(F)F. The summed E-state index contributed by atoms with van der Waals surface area (Å²) in [5.41, 5.74) is -0.473. The third-order valence-electron chi connectivity index (χ3n) is 2.43. The van der Waals surface area contributed by atoms with Crippen LogP contribution in [0, 0.1) is 5.92 Å². The molecule has 0 fully saturated rings. The Morgan fingerprint density at radius 2 is 1.82 bits per heavy atom. The van der Waals surface area contributed by atoms with Crippen LogP contribution in [0.1, 0.15) is 12.5 Å². The molecule has 1 rings (SSSR count). The number of benzene rings is 1. The van der Waals surface area contributed by atoms with Gasteiger partial charge in [0.2, 0.25) is 0 Å². The van der Waals surface area contributed by atoms with Crippen LogP contribution in [0.5, 0.6) is 0 Å². The van der Waals surface area contributed by atoms with Gasteiger partial charge in [0.15, 0.2) is 0 Å². The summed E-state index contributed by atoms with van der Waals surface area (Å²) < 4.78 is 38.0. The lowest BCUT2D eigenvalue weighted by Gasteiger charge is -2.17. The molecule has 0 saturated carbocycles. The van der Waals surface area contributed by atoms with E-state index >= 15 is 0 Å². The summed E-state index contributed by atoms with van der Waals surface area (Å²) in [6.07, 6.45) is -4.31. The first-order valence-corrected chi connectivity index (χ1v) is 5.50. The van der Waals surface area contributed by atoms with E-state index in [1.165, 1.54) is 12.1 Å². The van der Waals surface area contributed by atoms with Crippen LogP contribution in [0.25, 0.3) is 0 Å². The molecule has 1 aromatic rings. The third-order valence-corrected chi connectivity index (χ3v) is 2.43. The highest BCUT2D eigenvalue weighted by molar-refractivity contribution is 5.52. The molecular weight excluding hydrogens is 229 g/mol. The van der Waals surface area contributed by atoms with Crippen LogP contribution < -0.4 is 10.6 Å². The summed E-state index contributed by atoms with van der Waals surface area (Å²) in [7, 11) is 1.82. The maximum absolute atomic E-state index is 12.7. The molecule has 0 amide bonds. The summed E-state index contributed by atoms with van der Waals surface area (Å²) in [6.45, 7) is 3.24. The van der Waals surface area contributed by atoms with Gasteiger partial charge in [-0.05, 0) is 31.6 Å². The lowest BCUT2D eigenvalue weighted by Crippen LogP contribution is -2.23. The van der Waals surface area contributed by atoms with Crippen molar-refractivity contribution in [3.8, 4) is 0 Å². The fourth-order valence-corrected chi connectivity index (χ4v) is 1.59. The Hall–Kier alpha value is -1.23. The molecule has 0 radical (unpaired) electrons. The Balaban J connectivity index is 2.71. The van der Waals surface area contributed by atoms with Gasteiger partial charge in [-0.2, -0.15) is 13.2 Å². The van der Waals surface area contributed by atoms with Crippen molar-refractivity contribution in [1.82, 2.24) is 5.32 Å². The summed E-state index contributed by atoms with van der Waals surface area (Å²) >= 11 is 0. The molecule has 1 atom stereocenters. The number of para-hydroxylation sites is 1. The zero-order valence-corrected chi connectivity index (χ0v) is 9.93. The minimum absolute atomic E-state index is 0.142. The van der Waals surface area contributed by atoms with Crippen molar-refractivity contribution >= 4 is 5.69 Å². The zero-order chi connectivity index (χ0) is 12.9. The average molecular weight is 246 g/mol. The maximum atomic E-state index is 12.7. The third kappa shape index (κ3) is 4.26. The fraction of sp³-hybridized carbons (Fsp3) is 0.500. The molecule has 0 aliphatic carbocycles. The Kier molecular flexibility index (Phi) is 4.81. The molecule has 0 spiro atoms. The van der Waals surface area contributed by atoms with Gasteiger partial charge in [0.05, 0.1) is 5.56 Å². The predicted octanol–water partition coefficient (Wildman–Crippen LogP) is 2.97. The Morgan fingerprint density at radius 1 is 1.18 bits per heavy atom. The van der Waals surface area contributed by atoms with Crippen molar-refractivity contribution in [3.05, 3.63) is 29.8 Å². The monoisotopic (exact) mass is 246 g/mol. The van der Waals surface area contributed by atoms with Crippen molar-refractivity contribution < 1.29 is 13.2 Å². The van der Waals surface area contributed by atoms with Gasteiger partial charge in [-0.25, -0.2) is 0 Å². The molecular formula is C12H17F3N2. The first-order chi connectivity index (χ1) is 7.95. The molecule has 0 bridgehead atoms. The molecule has 1 unspecified atom stereocenters. The van der Waals surface area contributed by atoms with E-state index < -0.39 is 11.7 Å². The molecule has 2 N–H and O–H groups in total. The molecule has 0 saturated heterocycles. The highest BCUT2D eigenvalue weighted by Gasteiger charge is 2.33. The molecule has 96 valence electrons. The van der Waals surface area contributed by atoms with E-state index in [1.54, 1.807) is 6.07 Å². The van der Waals surface area contributed by atoms with Crippen LogP contribution in [-0.4, -0.2) is 20.1 Å². The molecule has 0 aromatic heterocycles. The van der Waals surface area contributed by atoms with E-state index in [2.05, 4.69) is 10.6 Å². The molecule has 0 aliphatic rings. The Bertz CT molecular complexity index is 350. The molecule has 0 heterocycles. The fourth-order valence-electron chi connectivity index (χ4n) is 1.59. The quantitative estimate of drug-likeness (QED) is 0.834. The number of halogens is 3. The Labute approximate surface area is 99.2 Å². The van der Waals surface area contributed by atoms with Crippen LogP contribution in [0.2, 0.25) is 0 Å². The topological polar surface area (TPSA) is 24.1 Å². The van der Waals surface area contributed by atoms with Crippen LogP contribution >= 0.6 is 0 Å². The minimum Gasteiger partial charge on any atom is -0.384 e. The van der Waals surface area contributed by atoms with Gasteiger partial charge < -0.3 is 10.6 Å². The second-order valence-electron chi connectivity index (χ2n) is 4.09. The van der Waals surface area contributed by atoms with E-state index in [1.807, 2.05) is 14.0 Å². The summed E-state index contributed by atoms with van der Waals surface area (Å²) in [5.74, 6) is 0.265. The number of anilines is 1. The van der Waals surface area contributed by atoms with Gasteiger partial charge in [0, 0.05) is 12.2 Å². The molecule has 2 nitrogen and oxygen atoms in total. The minimum atomic E-state index is -4.31. The normalized spacial score (nSPS) is 13.5. The number of hydrogen-bond acceptors (Lipinski definition) is 2. The van der Waals surface area contributed by atoms with Crippen LogP contribution in [0.15, 0.2) is 24.3 Å². The molecule has 1 aromatic carbocycles. The molecule has 17 heavy (non-hydrogen) atoms.